The molecule has 1 atom stereocenters. The summed E-state index contributed by atoms with van der Waals surface area (Å²) in [5, 5.41) is 0. The van der Waals surface area contributed by atoms with Crippen molar-refractivity contribution < 1.29 is 19.1 Å². The van der Waals surface area contributed by atoms with Crippen LogP contribution in [-0.4, -0.2) is 30.1 Å². The van der Waals surface area contributed by atoms with E-state index in [-0.39, 0.29) is 12.1 Å². The molecule has 0 aliphatic carbocycles. The minimum atomic E-state index is -0.328. The predicted octanol–water partition coefficient (Wildman–Crippen LogP) is 2.84. The molecule has 1 aliphatic rings. The fourth-order valence-electron chi connectivity index (χ4n) is 1.76. The molecule has 1 amide bonds. The number of carbonyl (C=O) groups excluding carboxylic acids is 2. The van der Waals surface area contributed by atoms with Gasteiger partial charge in [-0.15, -0.1) is 0 Å². The first kappa shape index (κ1) is 15.3. The van der Waals surface area contributed by atoms with Gasteiger partial charge < -0.3 is 9.47 Å². The highest BCUT2D eigenvalue weighted by molar-refractivity contribution is 5.70. The van der Waals surface area contributed by atoms with Crippen molar-refractivity contribution in [3.63, 3.8) is 0 Å². The van der Waals surface area contributed by atoms with Gasteiger partial charge in [0.25, 0.3) is 0 Å². The SMILES string of the molecule is C=C(CCCC(C)/C=C/N1CCOC1=O)OC(C)=O. The van der Waals surface area contributed by atoms with Gasteiger partial charge in [-0.1, -0.05) is 19.6 Å². The minimum absolute atomic E-state index is 0.285. The Hall–Kier alpha value is -1.78. The van der Waals surface area contributed by atoms with Gasteiger partial charge in [-0.25, -0.2) is 4.79 Å². The van der Waals surface area contributed by atoms with Gasteiger partial charge in [-0.3, -0.25) is 9.69 Å². The molecule has 0 radical (unpaired) electrons. The molecule has 1 rings (SSSR count). The van der Waals surface area contributed by atoms with E-state index in [9.17, 15) is 9.59 Å². The Morgan fingerprint density at radius 3 is 2.95 bits per heavy atom. The summed E-state index contributed by atoms with van der Waals surface area (Å²) < 4.78 is 9.69. The van der Waals surface area contributed by atoms with Crippen LogP contribution in [0.1, 0.15) is 33.1 Å². The first-order chi connectivity index (χ1) is 8.99. The first-order valence-corrected chi connectivity index (χ1v) is 6.47. The molecule has 1 fully saturated rings. The molecular weight excluding hydrogens is 246 g/mol. The Balaban J connectivity index is 2.18. The molecule has 1 unspecified atom stereocenters. The number of rotatable bonds is 7. The molecule has 19 heavy (non-hydrogen) atoms. The van der Waals surface area contributed by atoms with Crippen LogP contribution < -0.4 is 0 Å². The van der Waals surface area contributed by atoms with E-state index < -0.39 is 0 Å². The van der Waals surface area contributed by atoms with Crippen molar-refractivity contribution in [2.45, 2.75) is 33.1 Å². The molecule has 1 aliphatic heterocycles. The van der Waals surface area contributed by atoms with Crippen molar-refractivity contribution >= 4 is 12.1 Å². The Labute approximate surface area is 113 Å². The molecule has 0 saturated carbocycles. The van der Waals surface area contributed by atoms with Crippen LogP contribution in [0.2, 0.25) is 0 Å². The molecule has 5 heteroatoms. The zero-order valence-electron chi connectivity index (χ0n) is 11.6. The highest BCUT2D eigenvalue weighted by Crippen LogP contribution is 2.14. The van der Waals surface area contributed by atoms with Crippen LogP contribution >= 0.6 is 0 Å². The second kappa shape index (κ2) is 7.61. The van der Waals surface area contributed by atoms with E-state index in [1.165, 1.54) is 6.92 Å². The molecule has 1 saturated heterocycles. The van der Waals surface area contributed by atoms with Gasteiger partial charge in [0.2, 0.25) is 0 Å². The second-order valence-corrected chi connectivity index (χ2v) is 4.65. The van der Waals surface area contributed by atoms with Crippen LogP contribution in [0.4, 0.5) is 4.79 Å². The number of hydrogen-bond acceptors (Lipinski definition) is 4. The molecule has 0 bridgehead atoms. The summed E-state index contributed by atoms with van der Waals surface area (Å²) in [5.74, 6) is 0.524. The van der Waals surface area contributed by atoms with Crippen LogP contribution in [0.3, 0.4) is 0 Å². The highest BCUT2D eigenvalue weighted by Gasteiger charge is 2.18. The summed E-state index contributed by atoms with van der Waals surface area (Å²) in [6, 6.07) is 0. The molecule has 0 aromatic heterocycles. The lowest BCUT2D eigenvalue weighted by atomic mass is 10.0. The minimum Gasteiger partial charge on any atom is -0.447 e. The van der Waals surface area contributed by atoms with Gasteiger partial charge in [0.05, 0.1) is 6.54 Å². The van der Waals surface area contributed by atoms with E-state index in [1.54, 1.807) is 11.1 Å². The highest BCUT2D eigenvalue weighted by atomic mass is 16.6. The van der Waals surface area contributed by atoms with Crippen LogP contribution in [-0.2, 0) is 14.3 Å². The van der Waals surface area contributed by atoms with Gasteiger partial charge >= 0.3 is 12.1 Å². The predicted molar refractivity (Wildman–Crippen MR) is 71.1 cm³/mol. The van der Waals surface area contributed by atoms with Crippen LogP contribution in [0.5, 0.6) is 0 Å². The number of allylic oxidation sites excluding steroid dienone is 2. The van der Waals surface area contributed by atoms with Gasteiger partial charge in [0.15, 0.2) is 0 Å². The summed E-state index contributed by atoms with van der Waals surface area (Å²) in [7, 11) is 0. The summed E-state index contributed by atoms with van der Waals surface area (Å²) in [4.78, 5) is 23.4. The van der Waals surface area contributed by atoms with Crippen molar-refractivity contribution in [1.82, 2.24) is 4.90 Å². The molecule has 0 spiro atoms. The van der Waals surface area contributed by atoms with E-state index >= 15 is 0 Å². The second-order valence-electron chi connectivity index (χ2n) is 4.65. The molecule has 106 valence electrons. The number of carbonyl (C=O) groups is 2. The number of cyclic esters (lactones) is 1. The summed E-state index contributed by atoms with van der Waals surface area (Å²) >= 11 is 0. The topological polar surface area (TPSA) is 55.8 Å². The van der Waals surface area contributed by atoms with Crippen LogP contribution in [0, 0.1) is 5.92 Å². The largest absolute Gasteiger partial charge is 0.447 e. The number of hydrogen-bond donors (Lipinski definition) is 0. The van der Waals surface area contributed by atoms with Crippen molar-refractivity contribution in [1.29, 1.82) is 0 Å². The Morgan fingerprint density at radius 1 is 1.63 bits per heavy atom. The smallest absolute Gasteiger partial charge is 0.413 e. The Bertz CT molecular complexity index is 376. The van der Waals surface area contributed by atoms with E-state index in [0.29, 0.717) is 31.2 Å². The average Bonchev–Trinajstić information content (AvgIpc) is 2.71. The van der Waals surface area contributed by atoms with Crippen molar-refractivity contribution in [2.75, 3.05) is 13.2 Å². The van der Waals surface area contributed by atoms with Crippen molar-refractivity contribution in [2.24, 2.45) is 5.92 Å². The number of amides is 1. The molecule has 0 aromatic rings. The Morgan fingerprint density at radius 2 is 2.37 bits per heavy atom. The van der Waals surface area contributed by atoms with Gasteiger partial charge in [0, 0.05) is 19.5 Å². The fraction of sp³-hybridized carbons (Fsp3) is 0.571. The summed E-state index contributed by atoms with van der Waals surface area (Å²) in [6.07, 6.45) is 5.99. The van der Waals surface area contributed by atoms with E-state index in [1.807, 2.05) is 6.08 Å². The molecule has 1 heterocycles. The maximum absolute atomic E-state index is 11.2. The summed E-state index contributed by atoms with van der Waals surface area (Å²) in [6.45, 7) is 8.20. The van der Waals surface area contributed by atoms with Gasteiger partial charge in [0.1, 0.15) is 12.4 Å². The quantitative estimate of drug-likeness (QED) is 0.525. The van der Waals surface area contributed by atoms with Crippen molar-refractivity contribution in [3.8, 4) is 0 Å². The van der Waals surface area contributed by atoms with E-state index in [2.05, 4.69) is 13.5 Å². The number of nitrogens with zero attached hydrogens (tertiary/aromatic N) is 1. The summed E-state index contributed by atoms with van der Waals surface area (Å²) in [5.41, 5.74) is 0. The third-order valence-corrected chi connectivity index (χ3v) is 2.79. The maximum Gasteiger partial charge on any atom is 0.413 e. The van der Waals surface area contributed by atoms with E-state index in [4.69, 9.17) is 9.47 Å². The van der Waals surface area contributed by atoms with Gasteiger partial charge in [-0.05, 0) is 18.8 Å². The standard InChI is InChI=1S/C14H21NO4/c1-11(5-4-6-12(2)19-13(3)16)7-8-15-9-10-18-14(15)17/h7-8,11H,2,4-6,9-10H2,1,3H3/b8-7+. The zero-order valence-corrected chi connectivity index (χ0v) is 11.6. The molecular formula is C14H21NO4. The lowest BCUT2D eigenvalue weighted by Gasteiger charge is -2.10. The van der Waals surface area contributed by atoms with Crippen LogP contribution in [0.25, 0.3) is 0 Å². The zero-order chi connectivity index (χ0) is 14.3. The first-order valence-electron chi connectivity index (χ1n) is 6.47. The number of ether oxygens (including phenoxy) is 2. The third kappa shape index (κ3) is 6.08. The average molecular weight is 267 g/mol. The monoisotopic (exact) mass is 267 g/mol. The fourth-order valence-corrected chi connectivity index (χ4v) is 1.76. The molecule has 5 nitrogen and oxygen atoms in total. The lowest BCUT2D eigenvalue weighted by Crippen LogP contribution is -2.17. The lowest BCUT2D eigenvalue weighted by molar-refractivity contribution is -0.137. The number of esters is 1. The normalized spacial score (nSPS) is 16.5. The third-order valence-electron chi connectivity index (χ3n) is 2.79. The molecule has 0 N–H and O–H groups in total. The molecule has 0 aromatic carbocycles. The van der Waals surface area contributed by atoms with Crippen molar-refractivity contribution in [3.05, 3.63) is 24.6 Å². The van der Waals surface area contributed by atoms with Crippen LogP contribution in [0.15, 0.2) is 24.6 Å². The van der Waals surface area contributed by atoms with Gasteiger partial charge in [-0.2, -0.15) is 0 Å². The Kier molecular flexibility index (Phi) is 6.12. The maximum atomic E-state index is 11.2. The van der Waals surface area contributed by atoms with E-state index in [0.717, 1.165) is 12.8 Å².